The minimum atomic E-state index is -3.78. The molecule has 1 aliphatic heterocycles. The molecule has 1 saturated heterocycles. The van der Waals surface area contributed by atoms with Gasteiger partial charge in [0.25, 0.3) is 0 Å². The molecule has 0 spiro atoms. The van der Waals surface area contributed by atoms with Gasteiger partial charge in [0.15, 0.2) is 5.78 Å². The fourth-order valence-electron chi connectivity index (χ4n) is 5.93. The molecule has 11 heteroatoms. The summed E-state index contributed by atoms with van der Waals surface area (Å²) in [5, 5.41) is 1.24. The largest absolute Gasteiger partial charge is 0.472 e. The standard InChI is InChI=1S/C31H39N3O7S/c1-6-22-15-31(22,30(37)33-42(38,39)24-8-9-24)16-27(35)26-14-23(17-34(26)29(36)19(3)20(4)40-5)41-28-25-10-7-18(2)13-21(25)11-12-32-28/h6-7,10-13,19-20,22-24,26H,1,8-9,14-17H2,2-5H3,(H,33,37)/t19-,20-,22+,23+,26-,31+/m0/s1. The fourth-order valence-corrected chi connectivity index (χ4v) is 7.31. The van der Waals surface area contributed by atoms with Crippen molar-refractivity contribution in [2.24, 2.45) is 17.3 Å². The Balaban J connectivity index is 1.39. The van der Waals surface area contributed by atoms with E-state index in [4.69, 9.17) is 9.47 Å². The lowest BCUT2D eigenvalue weighted by molar-refractivity contribution is -0.144. The number of Topliss-reactive ketones (excluding diaryl/α,β-unsaturated/α-hetero) is 1. The Labute approximate surface area is 246 Å². The monoisotopic (exact) mass is 597 g/mol. The molecule has 2 aliphatic carbocycles. The summed E-state index contributed by atoms with van der Waals surface area (Å²) in [5.74, 6) is -1.66. The molecule has 1 aromatic carbocycles. The van der Waals surface area contributed by atoms with Gasteiger partial charge in [-0.2, -0.15) is 0 Å². The van der Waals surface area contributed by atoms with Crippen LogP contribution < -0.4 is 9.46 Å². The number of benzene rings is 1. The Bertz CT molecular complexity index is 1520. The first kappa shape index (κ1) is 30.2. The van der Waals surface area contributed by atoms with Crippen LogP contribution in [-0.4, -0.2) is 73.1 Å². The van der Waals surface area contributed by atoms with Crippen LogP contribution in [0.5, 0.6) is 5.88 Å². The van der Waals surface area contributed by atoms with Gasteiger partial charge in [-0.25, -0.2) is 13.4 Å². The summed E-state index contributed by atoms with van der Waals surface area (Å²) in [4.78, 5) is 46.8. The van der Waals surface area contributed by atoms with E-state index >= 15 is 0 Å². The molecule has 0 radical (unpaired) electrons. The molecule has 0 bridgehead atoms. The number of aromatic nitrogens is 1. The highest BCUT2D eigenvalue weighted by Crippen LogP contribution is 2.57. The van der Waals surface area contributed by atoms with Crippen LogP contribution >= 0.6 is 0 Å². The Morgan fingerprint density at radius 1 is 1.24 bits per heavy atom. The van der Waals surface area contributed by atoms with Crippen molar-refractivity contribution in [1.82, 2.24) is 14.6 Å². The summed E-state index contributed by atoms with van der Waals surface area (Å²) in [6, 6.07) is 7.01. The number of ether oxygens (including phenoxy) is 2. The molecule has 10 nitrogen and oxygen atoms in total. The number of pyridine rings is 1. The van der Waals surface area contributed by atoms with Gasteiger partial charge in [0.1, 0.15) is 6.10 Å². The molecule has 2 amide bonds. The van der Waals surface area contributed by atoms with Crippen molar-refractivity contribution in [1.29, 1.82) is 0 Å². The minimum absolute atomic E-state index is 0.167. The smallest absolute Gasteiger partial charge is 0.240 e. The fraction of sp³-hybridized carbons (Fsp3) is 0.548. The number of carbonyl (C=O) groups excluding carboxylic acids is 3. The third kappa shape index (κ3) is 5.81. The van der Waals surface area contributed by atoms with Gasteiger partial charge in [0.2, 0.25) is 27.7 Å². The molecule has 2 heterocycles. The number of nitrogens with zero attached hydrogens (tertiary/aromatic N) is 2. The predicted octanol–water partition coefficient (Wildman–Crippen LogP) is 3.32. The maximum Gasteiger partial charge on any atom is 0.240 e. The number of amides is 2. The van der Waals surface area contributed by atoms with Crippen LogP contribution in [0.1, 0.15) is 51.5 Å². The van der Waals surface area contributed by atoms with Crippen LogP contribution in [0.2, 0.25) is 0 Å². The van der Waals surface area contributed by atoms with Crippen LogP contribution in [0.15, 0.2) is 43.1 Å². The number of hydrogen-bond acceptors (Lipinski definition) is 8. The highest BCUT2D eigenvalue weighted by molar-refractivity contribution is 7.90. The zero-order chi connectivity index (χ0) is 30.4. The molecule has 6 atom stereocenters. The number of sulfonamides is 1. The van der Waals surface area contributed by atoms with Crippen LogP contribution in [0.3, 0.4) is 0 Å². The summed E-state index contributed by atoms with van der Waals surface area (Å²) in [7, 11) is -2.25. The number of carbonyl (C=O) groups is 3. The number of aryl methyl sites for hydroxylation is 1. The van der Waals surface area contributed by atoms with Gasteiger partial charge in [-0.05, 0) is 56.5 Å². The van der Waals surface area contributed by atoms with Gasteiger partial charge >= 0.3 is 0 Å². The number of fused-ring (bicyclic) bond motifs is 1. The zero-order valence-electron chi connectivity index (χ0n) is 24.5. The normalized spacial score (nSPS) is 26.9. The maximum atomic E-state index is 13.9. The van der Waals surface area contributed by atoms with Gasteiger partial charge in [-0.15, -0.1) is 6.58 Å². The van der Waals surface area contributed by atoms with E-state index in [0.29, 0.717) is 25.1 Å². The highest BCUT2D eigenvalue weighted by Gasteiger charge is 2.61. The molecular formula is C31H39N3O7S. The van der Waals surface area contributed by atoms with E-state index in [-0.39, 0.29) is 43.1 Å². The molecule has 2 saturated carbocycles. The lowest BCUT2D eigenvalue weighted by Crippen LogP contribution is -2.47. The first-order chi connectivity index (χ1) is 19.9. The van der Waals surface area contributed by atoms with Crippen molar-refractivity contribution in [2.75, 3.05) is 13.7 Å². The number of likely N-dealkylation sites (tertiary alicyclic amines) is 1. The summed E-state index contributed by atoms with van der Waals surface area (Å²) in [5.41, 5.74) is -0.0976. The second-order valence-corrected chi connectivity index (χ2v) is 14.0. The third-order valence-corrected chi connectivity index (χ3v) is 10.9. The van der Waals surface area contributed by atoms with Gasteiger partial charge in [0.05, 0.1) is 35.3 Å². The third-order valence-electron chi connectivity index (χ3n) is 9.10. The lowest BCUT2D eigenvalue weighted by atomic mass is 9.91. The molecule has 1 aromatic heterocycles. The predicted molar refractivity (Wildman–Crippen MR) is 157 cm³/mol. The Morgan fingerprint density at radius 3 is 2.62 bits per heavy atom. The van der Waals surface area contributed by atoms with E-state index in [1.54, 1.807) is 26.1 Å². The van der Waals surface area contributed by atoms with Gasteiger partial charge < -0.3 is 14.4 Å². The van der Waals surface area contributed by atoms with Gasteiger partial charge in [-0.3, -0.25) is 19.1 Å². The molecule has 5 rings (SSSR count). The van der Waals surface area contributed by atoms with E-state index in [0.717, 1.165) is 16.3 Å². The van der Waals surface area contributed by atoms with Crippen LogP contribution in [0, 0.1) is 24.2 Å². The number of allylic oxidation sites excluding steroid dienone is 1. The highest BCUT2D eigenvalue weighted by atomic mass is 32.2. The molecule has 42 heavy (non-hydrogen) atoms. The van der Waals surface area contributed by atoms with Crippen molar-refractivity contribution in [2.45, 2.75) is 76.4 Å². The molecule has 0 unspecified atom stereocenters. The Hall–Kier alpha value is -3.31. The lowest BCUT2D eigenvalue weighted by Gasteiger charge is -2.29. The summed E-state index contributed by atoms with van der Waals surface area (Å²) in [6.07, 6.45) is 3.75. The van der Waals surface area contributed by atoms with Crippen molar-refractivity contribution >= 4 is 38.4 Å². The number of rotatable bonds is 12. The Morgan fingerprint density at radius 2 is 1.98 bits per heavy atom. The number of ketones is 1. The number of hydrogen-bond donors (Lipinski definition) is 1. The molecule has 3 aliphatic rings. The molecular weight excluding hydrogens is 558 g/mol. The van der Waals surface area contributed by atoms with Crippen LogP contribution in [0.4, 0.5) is 0 Å². The average Bonchev–Trinajstić information content (AvgIpc) is 3.88. The van der Waals surface area contributed by atoms with E-state index in [1.807, 2.05) is 31.2 Å². The van der Waals surface area contributed by atoms with E-state index < -0.39 is 44.7 Å². The maximum absolute atomic E-state index is 13.9. The SMILES string of the molecule is C=C[C@@H]1C[C@]1(CC(=O)[C@@H]1C[C@@H](Oc2nccc3cc(C)ccc23)CN1C(=O)[C@@H](C)[C@H](C)OC)C(=O)NS(=O)(=O)C1CC1. The Kier molecular flexibility index (Phi) is 8.19. The second-order valence-electron chi connectivity index (χ2n) is 12.1. The first-order valence-corrected chi connectivity index (χ1v) is 16.0. The molecule has 226 valence electrons. The van der Waals surface area contributed by atoms with E-state index in [2.05, 4.69) is 16.3 Å². The molecule has 3 fully saturated rings. The summed E-state index contributed by atoms with van der Waals surface area (Å²) in [6.45, 7) is 9.51. The topological polar surface area (TPSA) is 132 Å². The summed E-state index contributed by atoms with van der Waals surface area (Å²) < 4.78 is 39.0. The first-order valence-electron chi connectivity index (χ1n) is 14.5. The van der Waals surface area contributed by atoms with Gasteiger partial charge in [0, 0.05) is 31.5 Å². The van der Waals surface area contributed by atoms with Crippen LogP contribution in [-0.2, 0) is 29.1 Å². The van der Waals surface area contributed by atoms with Gasteiger partial charge in [-0.1, -0.05) is 30.7 Å². The molecule has 1 N–H and O–H groups in total. The average molecular weight is 598 g/mol. The van der Waals surface area contributed by atoms with Crippen LogP contribution in [0.25, 0.3) is 10.8 Å². The quantitative estimate of drug-likeness (QED) is 0.369. The van der Waals surface area contributed by atoms with Crippen molar-refractivity contribution < 1.29 is 32.3 Å². The molecule has 2 aromatic rings. The van der Waals surface area contributed by atoms with E-state index in [1.165, 1.54) is 12.0 Å². The number of nitrogens with one attached hydrogen (secondary N) is 1. The van der Waals surface area contributed by atoms with Crippen molar-refractivity contribution in [3.63, 3.8) is 0 Å². The zero-order valence-corrected chi connectivity index (χ0v) is 25.4. The summed E-state index contributed by atoms with van der Waals surface area (Å²) >= 11 is 0. The number of methoxy groups -OCH3 is 1. The van der Waals surface area contributed by atoms with Crippen molar-refractivity contribution in [3.8, 4) is 5.88 Å². The second kappa shape index (κ2) is 11.4. The van der Waals surface area contributed by atoms with Crippen molar-refractivity contribution in [3.05, 3.63) is 48.7 Å². The van der Waals surface area contributed by atoms with E-state index in [9.17, 15) is 22.8 Å². The minimum Gasteiger partial charge on any atom is -0.472 e.